The van der Waals surface area contributed by atoms with E-state index in [1.54, 1.807) is 7.11 Å². The number of aromatic nitrogens is 2. The third-order valence-corrected chi connectivity index (χ3v) is 3.33. The predicted molar refractivity (Wildman–Crippen MR) is 77.2 cm³/mol. The second-order valence-corrected chi connectivity index (χ2v) is 4.99. The van der Waals surface area contributed by atoms with Gasteiger partial charge in [0, 0.05) is 31.5 Å². The molecule has 0 radical (unpaired) electrons. The van der Waals surface area contributed by atoms with Gasteiger partial charge in [-0.05, 0) is 24.6 Å². The van der Waals surface area contributed by atoms with Gasteiger partial charge < -0.3 is 14.4 Å². The van der Waals surface area contributed by atoms with E-state index in [0.29, 0.717) is 31.0 Å². The lowest BCUT2D eigenvalue weighted by Crippen LogP contribution is -2.09. The monoisotopic (exact) mass is 296 g/mol. The molecule has 0 spiro atoms. The minimum atomic E-state index is -0.785. The minimum absolute atomic E-state index is 0.147. The van der Waals surface area contributed by atoms with E-state index in [9.17, 15) is 4.79 Å². The SMILES string of the molecule is COCCn1c(CCCC(=O)O)nc2cc(Cl)ccc21. The van der Waals surface area contributed by atoms with Gasteiger partial charge in [0.25, 0.3) is 0 Å². The highest BCUT2D eigenvalue weighted by Crippen LogP contribution is 2.21. The molecule has 2 rings (SSSR count). The first-order valence-electron chi connectivity index (χ1n) is 6.47. The molecule has 1 N–H and O–H groups in total. The number of methoxy groups -OCH3 is 1. The molecule has 5 nitrogen and oxygen atoms in total. The first-order chi connectivity index (χ1) is 9.61. The van der Waals surface area contributed by atoms with Crippen molar-refractivity contribution in [3.8, 4) is 0 Å². The van der Waals surface area contributed by atoms with Crippen LogP contribution in [-0.2, 0) is 22.5 Å². The number of hydrogen-bond donors (Lipinski definition) is 1. The molecule has 0 saturated heterocycles. The minimum Gasteiger partial charge on any atom is -0.481 e. The Labute approximate surface area is 122 Å². The molecule has 108 valence electrons. The summed E-state index contributed by atoms with van der Waals surface area (Å²) in [5.74, 6) is 0.0909. The van der Waals surface area contributed by atoms with Crippen molar-refractivity contribution < 1.29 is 14.6 Å². The molecule has 0 aliphatic heterocycles. The molecule has 0 bridgehead atoms. The Kier molecular flexibility index (Phi) is 4.98. The normalized spacial score (nSPS) is 11.1. The predicted octanol–water partition coefficient (Wildman–Crippen LogP) is 2.74. The van der Waals surface area contributed by atoms with Gasteiger partial charge in [-0.3, -0.25) is 4.79 Å². The molecule has 20 heavy (non-hydrogen) atoms. The van der Waals surface area contributed by atoms with Crippen molar-refractivity contribution in [2.75, 3.05) is 13.7 Å². The van der Waals surface area contributed by atoms with Crippen LogP contribution in [0.1, 0.15) is 18.7 Å². The van der Waals surface area contributed by atoms with Gasteiger partial charge in [-0.15, -0.1) is 0 Å². The number of aryl methyl sites for hydroxylation is 1. The van der Waals surface area contributed by atoms with Crippen molar-refractivity contribution in [3.63, 3.8) is 0 Å². The Bertz CT molecular complexity index is 610. The average Bonchev–Trinajstić information content (AvgIpc) is 2.72. The molecule has 1 heterocycles. The third-order valence-electron chi connectivity index (χ3n) is 3.10. The summed E-state index contributed by atoms with van der Waals surface area (Å²) in [6.07, 6.45) is 1.34. The van der Waals surface area contributed by atoms with Crippen LogP contribution >= 0.6 is 11.6 Å². The number of carboxylic acid groups (broad SMARTS) is 1. The van der Waals surface area contributed by atoms with E-state index >= 15 is 0 Å². The van der Waals surface area contributed by atoms with Gasteiger partial charge in [0.1, 0.15) is 5.82 Å². The van der Waals surface area contributed by atoms with Gasteiger partial charge in [-0.25, -0.2) is 4.98 Å². The molecule has 1 aromatic heterocycles. The highest BCUT2D eigenvalue weighted by Gasteiger charge is 2.11. The second-order valence-electron chi connectivity index (χ2n) is 4.55. The van der Waals surface area contributed by atoms with Gasteiger partial charge in [0.05, 0.1) is 17.6 Å². The first-order valence-corrected chi connectivity index (χ1v) is 6.85. The average molecular weight is 297 g/mol. The summed E-state index contributed by atoms with van der Waals surface area (Å²) in [7, 11) is 1.65. The van der Waals surface area contributed by atoms with Crippen LogP contribution in [0.5, 0.6) is 0 Å². The van der Waals surface area contributed by atoms with Crippen LogP contribution in [-0.4, -0.2) is 34.3 Å². The number of halogens is 1. The standard InChI is InChI=1S/C14H17ClN2O3/c1-20-8-7-17-12-6-5-10(15)9-11(12)16-13(17)3-2-4-14(18)19/h5-6,9H,2-4,7-8H2,1H3,(H,18,19). The van der Waals surface area contributed by atoms with Gasteiger partial charge >= 0.3 is 5.97 Å². The topological polar surface area (TPSA) is 64.3 Å². The molecule has 2 aromatic rings. The number of hydrogen-bond acceptors (Lipinski definition) is 3. The van der Waals surface area contributed by atoms with Gasteiger partial charge in [-0.2, -0.15) is 0 Å². The lowest BCUT2D eigenvalue weighted by Gasteiger charge is -2.08. The molecule has 0 aliphatic rings. The second kappa shape index (κ2) is 6.72. The molecule has 1 aromatic carbocycles. The largest absolute Gasteiger partial charge is 0.481 e. The van der Waals surface area contributed by atoms with Crippen LogP contribution in [0.3, 0.4) is 0 Å². The fraction of sp³-hybridized carbons (Fsp3) is 0.429. The van der Waals surface area contributed by atoms with Crippen molar-refractivity contribution in [1.29, 1.82) is 0 Å². The smallest absolute Gasteiger partial charge is 0.303 e. The van der Waals surface area contributed by atoms with Crippen molar-refractivity contribution in [3.05, 3.63) is 29.0 Å². The summed E-state index contributed by atoms with van der Waals surface area (Å²) in [5.41, 5.74) is 1.83. The lowest BCUT2D eigenvalue weighted by molar-refractivity contribution is -0.137. The Balaban J connectivity index is 2.27. The number of fused-ring (bicyclic) bond motifs is 1. The van der Waals surface area contributed by atoms with E-state index < -0.39 is 5.97 Å². The van der Waals surface area contributed by atoms with Crippen LogP contribution in [0.2, 0.25) is 5.02 Å². The summed E-state index contributed by atoms with van der Waals surface area (Å²) < 4.78 is 7.18. The molecule has 0 atom stereocenters. The van der Waals surface area contributed by atoms with E-state index in [2.05, 4.69) is 9.55 Å². The van der Waals surface area contributed by atoms with Crippen LogP contribution in [0, 0.1) is 0 Å². The summed E-state index contributed by atoms with van der Waals surface area (Å²) in [6, 6.07) is 5.58. The Morgan fingerprint density at radius 3 is 3.00 bits per heavy atom. The first kappa shape index (κ1) is 14.8. The number of carbonyl (C=O) groups is 1. The van der Waals surface area contributed by atoms with E-state index in [1.807, 2.05) is 18.2 Å². The Hall–Kier alpha value is -1.59. The molecular formula is C14H17ClN2O3. The fourth-order valence-corrected chi connectivity index (χ4v) is 2.34. The summed E-state index contributed by atoms with van der Waals surface area (Å²) in [4.78, 5) is 15.2. The van der Waals surface area contributed by atoms with Crippen LogP contribution < -0.4 is 0 Å². The Morgan fingerprint density at radius 1 is 1.50 bits per heavy atom. The fourth-order valence-electron chi connectivity index (χ4n) is 2.17. The van der Waals surface area contributed by atoms with Gasteiger partial charge in [0.15, 0.2) is 0 Å². The highest BCUT2D eigenvalue weighted by atomic mass is 35.5. The maximum Gasteiger partial charge on any atom is 0.303 e. The van der Waals surface area contributed by atoms with E-state index in [0.717, 1.165) is 16.9 Å². The summed E-state index contributed by atoms with van der Waals surface area (Å²) >= 11 is 5.98. The summed E-state index contributed by atoms with van der Waals surface area (Å²) in [6.45, 7) is 1.27. The number of benzene rings is 1. The van der Waals surface area contributed by atoms with Crippen molar-refractivity contribution >= 4 is 28.6 Å². The molecule has 6 heteroatoms. The Morgan fingerprint density at radius 2 is 2.30 bits per heavy atom. The van der Waals surface area contributed by atoms with E-state index in [4.69, 9.17) is 21.4 Å². The number of rotatable bonds is 7. The molecule has 0 saturated carbocycles. The zero-order chi connectivity index (χ0) is 14.5. The maximum absolute atomic E-state index is 10.6. The molecular weight excluding hydrogens is 280 g/mol. The van der Waals surface area contributed by atoms with Crippen molar-refractivity contribution in [2.24, 2.45) is 0 Å². The zero-order valence-corrected chi connectivity index (χ0v) is 12.1. The van der Waals surface area contributed by atoms with Crippen LogP contribution in [0.15, 0.2) is 18.2 Å². The number of nitrogens with zero attached hydrogens (tertiary/aromatic N) is 2. The number of imidazole rings is 1. The highest BCUT2D eigenvalue weighted by molar-refractivity contribution is 6.31. The summed E-state index contributed by atoms with van der Waals surface area (Å²) in [5, 5.41) is 9.36. The van der Waals surface area contributed by atoms with Crippen molar-refractivity contribution in [1.82, 2.24) is 9.55 Å². The van der Waals surface area contributed by atoms with Crippen LogP contribution in [0.4, 0.5) is 0 Å². The van der Waals surface area contributed by atoms with Gasteiger partial charge in [0.2, 0.25) is 0 Å². The number of carboxylic acids is 1. The zero-order valence-electron chi connectivity index (χ0n) is 11.3. The number of ether oxygens (including phenoxy) is 1. The molecule has 0 amide bonds. The lowest BCUT2D eigenvalue weighted by atomic mass is 10.2. The molecule has 0 fully saturated rings. The van der Waals surface area contributed by atoms with Gasteiger partial charge in [-0.1, -0.05) is 11.6 Å². The maximum atomic E-state index is 10.6. The number of aliphatic carboxylic acids is 1. The van der Waals surface area contributed by atoms with E-state index in [-0.39, 0.29) is 6.42 Å². The molecule has 0 unspecified atom stereocenters. The molecule has 0 aliphatic carbocycles. The quantitative estimate of drug-likeness (QED) is 0.853. The van der Waals surface area contributed by atoms with E-state index in [1.165, 1.54) is 0 Å². The van der Waals surface area contributed by atoms with Crippen molar-refractivity contribution in [2.45, 2.75) is 25.8 Å². The third kappa shape index (κ3) is 3.49. The van der Waals surface area contributed by atoms with Crippen LogP contribution in [0.25, 0.3) is 11.0 Å².